The van der Waals surface area contributed by atoms with Crippen LogP contribution in [0.25, 0.3) is 0 Å². The maximum atomic E-state index is 13.6. The molecular formula is C18H18FN3O3S. The summed E-state index contributed by atoms with van der Waals surface area (Å²) < 4.78 is 38.6. The Hall–Kier alpha value is -2.92. The second-order valence-electron chi connectivity index (χ2n) is 5.59. The molecule has 0 saturated heterocycles. The maximum Gasteiger partial charge on any atom is 0.240 e. The van der Waals surface area contributed by atoms with Crippen molar-refractivity contribution in [3.8, 4) is 6.07 Å². The van der Waals surface area contributed by atoms with Crippen molar-refractivity contribution in [3.05, 3.63) is 65.5 Å². The largest absolute Gasteiger partial charge is 0.354 e. The minimum atomic E-state index is -3.77. The number of benzene rings is 2. The van der Waals surface area contributed by atoms with Gasteiger partial charge in [0.25, 0.3) is 0 Å². The van der Waals surface area contributed by atoms with E-state index in [0.717, 1.165) is 10.6 Å². The van der Waals surface area contributed by atoms with Crippen LogP contribution in [0.4, 0.5) is 10.1 Å². The molecule has 0 saturated carbocycles. The molecule has 1 amide bonds. The number of nitrogens with zero attached hydrogens (tertiary/aromatic N) is 2. The van der Waals surface area contributed by atoms with Gasteiger partial charge in [-0.3, -0.25) is 9.10 Å². The first-order chi connectivity index (χ1) is 12.3. The molecule has 6 nitrogen and oxygen atoms in total. The van der Waals surface area contributed by atoms with Gasteiger partial charge in [0.05, 0.1) is 17.5 Å². The highest BCUT2D eigenvalue weighted by molar-refractivity contribution is 7.92. The van der Waals surface area contributed by atoms with E-state index in [2.05, 4.69) is 5.32 Å². The predicted octanol–water partition coefficient (Wildman–Crippen LogP) is 1.82. The number of carbonyl (C=O) groups is 1. The Kier molecular flexibility index (Phi) is 6.31. The van der Waals surface area contributed by atoms with E-state index in [-0.39, 0.29) is 30.0 Å². The van der Waals surface area contributed by atoms with Crippen molar-refractivity contribution in [2.75, 3.05) is 23.7 Å². The van der Waals surface area contributed by atoms with Gasteiger partial charge in [-0.05, 0) is 30.2 Å². The molecule has 0 radical (unpaired) electrons. The maximum absolute atomic E-state index is 13.6. The van der Waals surface area contributed by atoms with E-state index in [1.165, 1.54) is 18.2 Å². The second-order valence-corrected chi connectivity index (χ2v) is 7.50. The average molecular weight is 375 g/mol. The molecule has 0 heterocycles. The summed E-state index contributed by atoms with van der Waals surface area (Å²) >= 11 is 0. The molecule has 0 aliphatic carbocycles. The normalized spacial score (nSPS) is 10.8. The molecule has 0 aliphatic heterocycles. The number of halogens is 1. The lowest BCUT2D eigenvalue weighted by molar-refractivity contribution is -0.119. The van der Waals surface area contributed by atoms with Crippen LogP contribution < -0.4 is 9.62 Å². The van der Waals surface area contributed by atoms with Gasteiger partial charge in [0, 0.05) is 6.54 Å². The van der Waals surface area contributed by atoms with Crippen molar-refractivity contribution in [1.29, 1.82) is 5.26 Å². The molecule has 0 atom stereocenters. The number of nitriles is 1. The quantitative estimate of drug-likeness (QED) is 0.799. The molecule has 136 valence electrons. The van der Waals surface area contributed by atoms with Crippen molar-refractivity contribution in [2.24, 2.45) is 0 Å². The van der Waals surface area contributed by atoms with Crippen LogP contribution in [0.3, 0.4) is 0 Å². The summed E-state index contributed by atoms with van der Waals surface area (Å²) in [6.07, 6.45) is 1.25. The second kappa shape index (κ2) is 8.45. The van der Waals surface area contributed by atoms with Crippen LogP contribution in [-0.2, 0) is 21.2 Å². The number of carbonyl (C=O) groups excluding carboxylic acids is 1. The summed E-state index contributed by atoms with van der Waals surface area (Å²) in [5.74, 6) is -0.901. The van der Waals surface area contributed by atoms with Crippen molar-refractivity contribution in [2.45, 2.75) is 6.42 Å². The number of hydrogen-bond donors (Lipinski definition) is 1. The van der Waals surface area contributed by atoms with Gasteiger partial charge in [-0.25, -0.2) is 12.8 Å². The minimum Gasteiger partial charge on any atom is -0.354 e. The molecule has 0 bridgehead atoms. The Morgan fingerprint density at radius 3 is 2.50 bits per heavy atom. The van der Waals surface area contributed by atoms with E-state index < -0.39 is 22.5 Å². The number of nitrogens with one attached hydrogen (secondary N) is 1. The first-order valence-electron chi connectivity index (χ1n) is 7.80. The Morgan fingerprint density at radius 1 is 1.19 bits per heavy atom. The SMILES string of the molecule is CS(=O)(=O)N(CC(=O)NCCc1ccccc1F)c1ccccc1C#N. The van der Waals surface area contributed by atoms with Crippen molar-refractivity contribution in [3.63, 3.8) is 0 Å². The van der Waals surface area contributed by atoms with Crippen LogP contribution in [0.15, 0.2) is 48.5 Å². The van der Waals surface area contributed by atoms with Crippen molar-refractivity contribution >= 4 is 21.6 Å². The standard InChI is InChI=1S/C18H18FN3O3S/c1-26(24,25)22(17-9-5-3-7-15(17)12-20)13-18(23)21-11-10-14-6-2-4-8-16(14)19/h2-9H,10-11,13H2,1H3,(H,21,23). The summed E-state index contributed by atoms with van der Waals surface area (Å²) in [4.78, 5) is 12.2. The third kappa shape index (κ3) is 5.04. The number of rotatable bonds is 7. The van der Waals surface area contributed by atoms with Crippen LogP contribution in [-0.4, -0.2) is 33.7 Å². The van der Waals surface area contributed by atoms with Gasteiger partial charge in [-0.1, -0.05) is 30.3 Å². The molecular weight excluding hydrogens is 357 g/mol. The average Bonchev–Trinajstić information content (AvgIpc) is 2.60. The van der Waals surface area contributed by atoms with E-state index in [4.69, 9.17) is 5.26 Å². The zero-order valence-electron chi connectivity index (χ0n) is 14.1. The Balaban J connectivity index is 2.06. The van der Waals surface area contributed by atoms with Gasteiger partial charge in [-0.15, -0.1) is 0 Å². The van der Waals surface area contributed by atoms with Crippen LogP contribution in [0, 0.1) is 17.1 Å². The van der Waals surface area contributed by atoms with Gasteiger partial charge in [0.15, 0.2) is 0 Å². The highest BCUT2D eigenvalue weighted by atomic mass is 32.2. The highest BCUT2D eigenvalue weighted by Crippen LogP contribution is 2.21. The summed E-state index contributed by atoms with van der Waals surface area (Å²) in [6, 6.07) is 14.3. The first-order valence-corrected chi connectivity index (χ1v) is 9.64. The molecule has 0 aliphatic rings. The lowest BCUT2D eigenvalue weighted by Crippen LogP contribution is -2.41. The summed E-state index contributed by atoms with van der Waals surface area (Å²) in [7, 11) is -3.77. The molecule has 26 heavy (non-hydrogen) atoms. The molecule has 0 spiro atoms. The van der Waals surface area contributed by atoms with Gasteiger partial charge < -0.3 is 5.32 Å². The summed E-state index contributed by atoms with van der Waals surface area (Å²) in [5.41, 5.74) is 0.751. The highest BCUT2D eigenvalue weighted by Gasteiger charge is 2.23. The number of anilines is 1. The van der Waals surface area contributed by atoms with Crippen molar-refractivity contribution in [1.82, 2.24) is 5.32 Å². The number of para-hydroxylation sites is 1. The van der Waals surface area contributed by atoms with Crippen LogP contribution >= 0.6 is 0 Å². The Morgan fingerprint density at radius 2 is 1.85 bits per heavy atom. The smallest absolute Gasteiger partial charge is 0.240 e. The van der Waals surface area contributed by atoms with Gasteiger partial charge in [0.1, 0.15) is 18.4 Å². The van der Waals surface area contributed by atoms with E-state index >= 15 is 0 Å². The summed E-state index contributed by atoms with van der Waals surface area (Å²) in [5, 5.41) is 11.7. The molecule has 0 aromatic heterocycles. The predicted molar refractivity (Wildman–Crippen MR) is 96.5 cm³/mol. The molecule has 8 heteroatoms. The number of sulfonamides is 1. The fourth-order valence-electron chi connectivity index (χ4n) is 2.39. The van der Waals surface area contributed by atoms with Gasteiger partial charge >= 0.3 is 0 Å². The van der Waals surface area contributed by atoms with Crippen LogP contribution in [0.2, 0.25) is 0 Å². The van der Waals surface area contributed by atoms with E-state index in [1.807, 2.05) is 6.07 Å². The first kappa shape index (κ1) is 19.4. The fraction of sp³-hybridized carbons (Fsp3) is 0.222. The Bertz CT molecular complexity index is 939. The van der Waals surface area contributed by atoms with Crippen LogP contribution in [0.5, 0.6) is 0 Å². The molecule has 0 fully saturated rings. The molecule has 2 aromatic carbocycles. The molecule has 2 rings (SSSR count). The van der Waals surface area contributed by atoms with E-state index in [0.29, 0.717) is 5.56 Å². The monoisotopic (exact) mass is 375 g/mol. The van der Waals surface area contributed by atoms with E-state index in [9.17, 15) is 17.6 Å². The number of hydrogen-bond acceptors (Lipinski definition) is 4. The molecule has 2 aromatic rings. The van der Waals surface area contributed by atoms with E-state index in [1.54, 1.807) is 30.3 Å². The lowest BCUT2D eigenvalue weighted by Gasteiger charge is -2.22. The van der Waals surface area contributed by atoms with Gasteiger partial charge in [-0.2, -0.15) is 5.26 Å². The topological polar surface area (TPSA) is 90.3 Å². The van der Waals surface area contributed by atoms with Crippen LogP contribution in [0.1, 0.15) is 11.1 Å². The molecule has 1 N–H and O–H groups in total. The Labute approximate surface area is 151 Å². The summed E-state index contributed by atoms with van der Waals surface area (Å²) in [6.45, 7) is -0.300. The van der Waals surface area contributed by atoms with Crippen molar-refractivity contribution < 1.29 is 17.6 Å². The lowest BCUT2D eigenvalue weighted by atomic mass is 10.1. The third-order valence-corrected chi connectivity index (χ3v) is 4.78. The minimum absolute atomic E-state index is 0.141. The number of amides is 1. The third-order valence-electron chi connectivity index (χ3n) is 3.66. The zero-order valence-corrected chi connectivity index (χ0v) is 15.0. The zero-order chi connectivity index (χ0) is 19.2. The fourth-order valence-corrected chi connectivity index (χ4v) is 3.26. The van der Waals surface area contributed by atoms with Gasteiger partial charge in [0.2, 0.25) is 15.9 Å². The molecule has 0 unspecified atom stereocenters.